The lowest BCUT2D eigenvalue weighted by Gasteiger charge is -2.47. The van der Waals surface area contributed by atoms with Gasteiger partial charge < -0.3 is 0 Å². The summed E-state index contributed by atoms with van der Waals surface area (Å²) in [6, 6.07) is 11.0. The van der Waals surface area contributed by atoms with Crippen LogP contribution in [0.4, 0.5) is 0 Å². The van der Waals surface area contributed by atoms with Crippen molar-refractivity contribution in [2.45, 2.75) is 83.0 Å². The van der Waals surface area contributed by atoms with Crippen molar-refractivity contribution in [3.8, 4) is 6.07 Å². The number of rotatable bonds is 4. The molecule has 1 heteroatoms. The molecule has 0 heterocycles. The summed E-state index contributed by atoms with van der Waals surface area (Å²) in [5, 5.41) is 9.62. The molecule has 0 N–H and O–H groups in total. The highest BCUT2D eigenvalue weighted by molar-refractivity contribution is 5.43. The second-order valence-electron chi connectivity index (χ2n) is 7.88. The van der Waals surface area contributed by atoms with Gasteiger partial charge in [-0.15, -0.1) is 0 Å². The van der Waals surface area contributed by atoms with Gasteiger partial charge in [0, 0.05) is 0 Å². The highest BCUT2D eigenvalue weighted by Gasteiger charge is 2.43. The molecule has 0 aliphatic heterocycles. The van der Waals surface area contributed by atoms with Crippen molar-refractivity contribution in [1.82, 2.24) is 0 Å². The third-order valence-corrected chi connectivity index (χ3v) is 6.65. The van der Waals surface area contributed by atoms with Crippen LogP contribution in [0.2, 0.25) is 0 Å². The molecule has 3 rings (SSSR count). The fraction of sp³-hybridized carbons (Fsp3) is 0.682. The van der Waals surface area contributed by atoms with E-state index in [9.17, 15) is 5.26 Å². The minimum absolute atomic E-state index is 0.293. The molecule has 0 unspecified atom stereocenters. The minimum atomic E-state index is 0.293. The van der Waals surface area contributed by atoms with Gasteiger partial charge in [0.1, 0.15) is 0 Å². The van der Waals surface area contributed by atoms with E-state index in [-0.39, 0.29) is 0 Å². The summed E-state index contributed by atoms with van der Waals surface area (Å²) in [4.78, 5) is 0. The van der Waals surface area contributed by atoms with Gasteiger partial charge in [0.15, 0.2) is 0 Å². The van der Waals surface area contributed by atoms with Gasteiger partial charge in [0.05, 0.1) is 11.6 Å². The standard InChI is InChI=1S/C22H31N/c1-2-8-18-11-13-20(14-12-18)22(15-6-3-7-16-22)21-10-5-4-9-19(21)17-23/h4-5,9-10,18,20H,2-3,6-8,11-16H2,1H3. The fourth-order valence-electron chi connectivity index (χ4n) is 5.51. The maximum atomic E-state index is 9.62. The fourth-order valence-corrected chi connectivity index (χ4v) is 5.51. The predicted octanol–water partition coefficient (Wildman–Crippen LogP) is 6.37. The SMILES string of the molecule is CCCC1CCC(C2(c3ccccc3C#N)CCCCC2)CC1. The molecule has 124 valence electrons. The molecule has 0 spiro atoms. The summed E-state index contributed by atoms with van der Waals surface area (Å²) in [6.45, 7) is 2.32. The number of hydrogen-bond donors (Lipinski definition) is 0. The lowest BCUT2D eigenvalue weighted by atomic mass is 9.57. The molecule has 0 saturated heterocycles. The van der Waals surface area contributed by atoms with Gasteiger partial charge in [-0.2, -0.15) is 5.26 Å². The van der Waals surface area contributed by atoms with Crippen LogP contribution in [-0.2, 0) is 5.41 Å². The Morgan fingerprint density at radius 3 is 2.39 bits per heavy atom. The smallest absolute Gasteiger partial charge is 0.0994 e. The van der Waals surface area contributed by atoms with Crippen LogP contribution in [0.25, 0.3) is 0 Å². The van der Waals surface area contributed by atoms with E-state index in [2.05, 4.69) is 25.1 Å². The van der Waals surface area contributed by atoms with Crippen LogP contribution < -0.4 is 0 Å². The Labute approximate surface area is 142 Å². The Hall–Kier alpha value is -1.29. The van der Waals surface area contributed by atoms with Crippen molar-refractivity contribution in [2.75, 3.05) is 0 Å². The number of benzene rings is 1. The summed E-state index contributed by atoms with van der Waals surface area (Å²) in [5.74, 6) is 1.76. The van der Waals surface area contributed by atoms with Gasteiger partial charge in [-0.1, -0.05) is 70.1 Å². The molecular formula is C22H31N. The van der Waals surface area contributed by atoms with Crippen molar-refractivity contribution < 1.29 is 0 Å². The molecular weight excluding hydrogens is 278 g/mol. The predicted molar refractivity (Wildman–Crippen MR) is 96.3 cm³/mol. The van der Waals surface area contributed by atoms with E-state index in [0.29, 0.717) is 5.41 Å². The number of nitriles is 1. The average molecular weight is 309 g/mol. The first kappa shape index (κ1) is 16.6. The van der Waals surface area contributed by atoms with E-state index in [4.69, 9.17) is 0 Å². The van der Waals surface area contributed by atoms with Crippen molar-refractivity contribution in [2.24, 2.45) is 11.8 Å². The quantitative estimate of drug-likeness (QED) is 0.634. The summed E-state index contributed by atoms with van der Waals surface area (Å²) < 4.78 is 0. The zero-order chi connectivity index (χ0) is 16.1. The van der Waals surface area contributed by atoms with Gasteiger partial charge in [0.25, 0.3) is 0 Å². The molecule has 0 radical (unpaired) electrons. The average Bonchev–Trinajstić information content (AvgIpc) is 2.63. The zero-order valence-electron chi connectivity index (χ0n) is 14.7. The van der Waals surface area contributed by atoms with Gasteiger partial charge in [-0.05, 0) is 54.6 Å². The van der Waals surface area contributed by atoms with Crippen LogP contribution in [0.3, 0.4) is 0 Å². The Bertz CT molecular complexity index is 539. The summed E-state index contributed by atoms with van der Waals surface area (Å²) in [5.41, 5.74) is 2.60. The summed E-state index contributed by atoms with van der Waals surface area (Å²) in [6.07, 6.45) is 15.0. The second kappa shape index (κ2) is 7.52. The maximum absolute atomic E-state index is 9.62. The number of hydrogen-bond acceptors (Lipinski definition) is 1. The van der Waals surface area contributed by atoms with E-state index in [0.717, 1.165) is 17.4 Å². The zero-order valence-corrected chi connectivity index (χ0v) is 14.7. The van der Waals surface area contributed by atoms with E-state index < -0.39 is 0 Å². The van der Waals surface area contributed by atoms with E-state index >= 15 is 0 Å². The first-order chi connectivity index (χ1) is 11.3. The Morgan fingerprint density at radius 1 is 1.04 bits per heavy atom. The van der Waals surface area contributed by atoms with Crippen LogP contribution in [0.1, 0.15) is 88.7 Å². The molecule has 2 fully saturated rings. The van der Waals surface area contributed by atoms with Gasteiger partial charge in [-0.3, -0.25) is 0 Å². The van der Waals surface area contributed by atoms with E-state index in [1.54, 1.807) is 0 Å². The maximum Gasteiger partial charge on any atom is 0.0994 e. The molecule has 0 amide bonds. The summed E-state index contributed by atoms with van der Waals surface area (Å²) >= 11 is 0. The molecule has 0 aromatic heterocycles. The van der Waals surface area contributed by atoms with Crippen molar-refractivity contribution in [3.63, 3.8) is 0 Å². The van der Waals surface area contributed by atoms with Crippen molar-refractivity contribution >= 4 is 0 Å². The Balaban J connectivity index is 1.88. The third kappa shape index (κ3) is 3.32. The third-order valence-electron chi connectivity index (χ3n) is 6.65. The minimum Gasteiger partial charge on any atom is -0.192 e. The van der Waals surface area contributed by atoms with E-state index in [1.165, 1.54) is 76.2 Å². The highest BCUT2D eigenvalue weighted by atomic mass is 14.5. The highest BCUT2D eigenvalue weighted by Crippen LogP contribution is 2.51. The molecule has 1 aromatic carbocycles. The second-order valence-corrected chi connectivity index (χ2v) is 7.88. The van der Waals surface area contributed by atoms with Crippen LogP contribution >= 0.6 is 0 Å². The van der Waals surface area contributed by atoms with Crippen LogP contribution in [-0.4, -0.2) is 0 Å². The Morgan fingerprint density at radius 2 is 1.74 bits per heavy atom. The first-order valence-electron chi connectivity index (χ1n) is 9.80. The van der Waals surface area contributed by atoms with Crippen LogP contribution in [0.5, 0.6) is 0 Å². The van der Waals surface area contributed by atoms with E-state index in [1.807, 2.05) is 12.1 Å². The van der Waals surface area contributed by atoms with Gasteiger partial charge >= 0.3 is 0 Å². The van der Waals surface area contributed by atoms with Crippen molar-refractivity contribution in [3.05, 3.63) is 35.4 Å². The number of nitrogens with zero attached hydrogens (tertiary/aromatic N) is 1. The lowest BCUT2D eigenvalue weighted by Crippen LogP contribution is -2.40. The Kier molecular flexibility index (Phi) is 5.42. The first-order valence-corrected chi connectivity index (χ1v) is 9.80. The topological polar surface area (TPSA) is 23.8 Å². The molecule has 2 saturated carbocycles. The van der Waals surface area contributed by atoms with Gasteiger partial charge in [-0.25, -0.2) is 0 Å². The molecule has 1 aromatic rings. The molecule has 0 bridgehead atoms. The summed E-state index contributed by atoms with van der Waals surface area (Å²) in [7, 11) is 0. The molecule has 2 aliphatic carbocycles. The lowest BCUT2D eigenvalue weighted by molar-refractivity contribution is 0.124. The molecule has 0 atom stereocenters. The largest absolute Gasteiger partial charge is 0.192 e. The molecule has 23 heavy (non-hydrogen) atoms. The monoisotopic (exact) mass is 309 g/mol. The normalized spacial score (nSPS) is 27.3. The van der Waals surface area contributed by atoms with Crippen LogP contribution in [0.15, 0.2) is 24.3 Å². The van der Waals surface area contributed by atoms with Crippen molar-refractivity contribution in [1.29, 1.82) is 5.26 Å². The molecule has 1 nitrogen and oxygen atoms in total. The molecule has 2 aliphatic rings. The van der Waals surface area contributed by atoms with Gasteiger partial charge in [0.2, 0.25) is 0 Å². The van der Waals surface area contributed by atoms with Crippen LogP contribution in [0, 0.1) is 23.2 Å².